The lowest BCUT2D eigenvalue weighted by Crippen LogP contribution is -2.27. The second-order valence-corrected chi connectivity index (χ2v) is 5.10. The summed E-state index contributed by atoms with van der Waals surface area (Å²) in [5.74, 6) is -0.0847. The summed E-state index contributed by atoms with van der Waals surface area (Å²) in [7, 11) is 0. The first-order chi connectivity index (χ1) is 11.1. The van der Waals surface area contributed by atoms with E-state index in [1.807, 2.05) is 30.3 Å². The Morgan fingerprint density at radius 3 is 2.35 bits per heavy atom. The normalized spacial score (nSPS) is 10.1. The molecule has 6 heteroatoms. The molecule has 2 N–H and O–H groups in total. The molecule has 2 aromatic carbocycles. The van der Waals surface area contributed by atoms with Crippen LogP contribution < -0.4 is 10.6 Å². The molecule has 120 valence electrons. The fraction of sp³-hybridized carbons (Fsp3) is 0.235. The fourth-order valence-corrected chi connectivity index (χ4v) is 2.09. The van der Waals surface area contributed by atoms with Gasteiger partial charge in [-0.15, -0.1) is 0 Å². The third-order valence-corrected chi connectivity index (χ3v) is 3.29. The first kappa shape index (κ1) is 16.5. The second kappa shape index (κ2) is 8.53. The maximum atomic E-state index is 11.8. The molecule has 0 aliphatic rings. The van der Waals surface area contributed by atoms with Crippen molar-refractivity contribution in [2.45, 2.75) is 12.8 Å². The number of anilines is 1. The largest absolute Gasteiger partial charge is 0.385 e. The molecule has 0 fully saturated rings. The van der Waals surface area contributed by atoms with E-state index in [-0.39, 0.29) is 18.0 Å². The van der Waals surface area contributed by atoms with E-state index >= 15 is 0 Å². The van der Waals surface area contributed by atoms with Gasteiger partial charge in [-0.2, -0.15) is 0 Å². The Kier molecular flexibility index (Phi) is 6.11. The van der Waals surface area contributed by atoms with E-state index in [2.05, 4.69) is 10.6 Å². The Morgan fingerprint density at radius 1 is 1.00 bits per heavy atom. The molecule has 0 radical (unpaired) electrons. The summed E-state index contributed by atoms with van der Waals surface area (Å²) in [6, 6.07) is 15.9. The number of nitro benzene ring substituents is 1. The SMILES string of the molecule is O=C(Cc1ccc([N+](=O)[O-])cc1)NCCCNc1ccccc1. The zero-order valence-corrected chi connectivity index (χ0v) is 12.7. The maximum absolute atomic E-state index is 11.8. The van der Waals surface area contributed by atoms with Crippen molar-refractivity contribution in [3.63, 3.8) is 0 Å². The standard InChI is InChI=1S/C17H19N3O3/c21-17(13-14-7-9-16(10-8-14)20(22)23)19-12-4-11-18-15-5-2-1-3-6-15/h1-3,5-10,18H,4,11-13H2,(H,19,21). The van der Waals surface area contributed by atoms with Crippen molar-refractivity contribution >= 4 is 17.3 Å². The number of rotatable bonds is 8. The van der Waals surface area contributed by atoms with Gasteiger partial charge in [-0.05, 0) is 24.1 Å². The van der Waals surface area contributed by atoms with Crippen LogP contribution in [0.2, 0.25) is 0 Å². The summed E-state index contributed by atoms with van der Waals surface area (Å²) in [4.78, 5) is 21.9. The average molecular weight is 313 g/mol. The number of para-hydroxylation sites is 1. The van der Waals surface area contributed by atoms with Crippen molar-refractivity contribution in [3.05, 3.63) is 70.3 Å². The number of carbonyl (C=O) groups excluding carboxylic acids is 1. The van der Waals surface area contributed by atoms with Crippen LogP contribution in [0.15, 0.2) is 54.6 Å². The number of non-ortho nitro benzene ring substituents is 1. The maximum Gasteiger partial charge on any atom is 0.269 e. The monoisotopic (exact) mass is 313 g/mol. The van der Waals surface area contributed by atoms with Crippen LogP contribution in [0.3, 0.4) is 0 Å². The number of hydrogen-bond acceptors (Lipinski definition) is 4. The second-order valence-electron chi connectivity index (χ2n) is 5.10. The van der Waals surface area contributed by atoms with Gasteiger partial charge in [0.05, 0.1) is 11.3 Å². The predicted octanol–water partition coefficient (Wildman–Crippen LogP) is 2.76. The molecule has 0 bridgehead atoms. The molecular weight excluding hydrogens is 294 g/mol. The van der Waals surface area contributed by atoms with Crippen LogP contribution in [0.1, 0.15) is 12.0 Å². The van der Waals surface area contributed by atoms with E-state index in [1.165, 1.54) is 12.1 Å². The molecule has 1 amide bonds. The van der Waals surface area contributed by atoms with Gasteiger partial charge in [0, 0.05) is 30.9 Å². The van der Waals surface area contributed by atoms with Gasteiger partial charge < -0.3 is 10.6 Å². The predicted molar refractivity (Wildman–Crippen MR) is 89.4 cm³/mol. The topological polar surface area (TPSA) is 84.3 Å². The molecule has 2 rings (SSSR count). The molecular formula is C17H19N3O3. The first-order valence-corrected chi connectivity index (χ1v) is 7.44. The highest BCUT2D eigenvalue weighted by molar-refractivity contribution is 5.78. The number of benzene rings is 2. The molecule has 0 spiro atoms. The summed E-state index contributed by atoms with van der Waals surface area (Å²) >= 11 is 0. The Morgan fingerprint density at radius 2 is 1.70 bits per heavy atom. The van der Waals surface area contributed by atoms with Gasteiger partial charge in [-0.1, -0.05) is 30.3 Å². The molecule has 0 saturated carbocycles. The smallest absolute Gasteiger partial charge is 0.269 e. The quantitative estimate of drug-likeness (QED) is 0.446. The highest BCUT2D eigenvalue weighted by atomic mass is 16.6. The lowest BCUT2D eigenvalue weighted by Gasteiger charge is -2.07. The number of hydrogen-bond donors (Lipinski definition) is 2. The summed E-state index contributed by atoms with van der Waals surface area (Å²) < 4.78 is 0. The molecule has 23 heavy (non-hydrogen) atoms. The number of nitrogens with one attached hydrogen (secondary N) is 2. The van der Waals surface area contributed by atoms with Gasteiger partial charge in [0.15, 0.2) is 0 Å². The third kappa shape index (κ3) is 5.78. The lowest BCUT2D eigenvalue weighted by molar-refractivity contribution is -0.384. The highest BCUT2D eigenvalue weighted by Gasteiger charge is 2.06. The van der Waals surface area contributed by atoms with Gasteiger partial charge in [0.25, 0.3) is 5.69 Å². The Bertz CT molecular complexity index is 642. The summed E-state index contributed by atoms with van der Waals surface area (Å²) in [5, 5.41) is 16.7. The Balaban J connectivity index is 1.64. The lowest BCUT2D eigenvalue weighted by atomic mass is 10.1. The molecule has 0 aromatic heterocycles. The van der Waals surface area contributed by atoms with E-state index in [0.29, 0.717) is 6.54 Å². The minimum Gasteiger partial charge on any atom is -0.385 e. The number of nitrogens with zero attached hydrogens (tertiary/aromatic N) is 1. The van der Waals surface area contributed by atoms with Crippen molar-refractivity contribution < 1.29 is 9.72 Å². The van der Waals surface area contributed by atoms with E-state index in [4.69, 9.17) is 0 Å². The van der Waals surface area contributed by atoms with Crippen LogP contribution in [0.25, 0.3) is 0 Å². The Hall–Kier alpha value is -2.89. The number of nitro groups is 1. The van der Waals surface area contributed by atoms with Gasteiger partial charge in [0.1, 0.15) is 0 Å². The first-order valence-electron chi connectivity index (χ1n) is 7.44. The van der Waals surface area contributed by atoms with E-state index < -0.39 is 4.92 Å². The van der Waals surface area contributed by atoms with Gasteiger partial charge in [-0.3, -0.25) is 14.9 Å². The van der Waals surface area contributed by atoms with Gasteiger partial charge in [0.2, 0.25) is 5.91 Å². The number of amides is 1. The molecule has 0 aliphatic heterocycles. The highest BCUT2D eigenvalue weighted by Crippen LogP contribution is 2.12. The van der Waals surface area contributed by atoms with Crippen LogP contribution in [-0.4, -0.2) is 23.9 Å². The molecule has 6 nitrogen and oxygen atoms in total. The van der Waals surface area contributed by atoms with Crippen molar-refractivity contribution in [2.75, 3.05) is 18.4 Å². The average Bonchev–Trinajstić information content (AvgIpc) is 2.56. The van der Waals surface area contributed by atoms with E-state index in [9.17, 15) is 14.9 Å². The van der Waals surface area contributed by atoms with Crippen LogP contribution in [-0.2, 0) is 11.2 Å². The van der Waals surface area contributed by atoms with Crippen molar-refractivity contribution in [2.24, 2.45) is 0 Å². The number of carbonyl (C=O) groups is 1. The summed E-state index contributed by atoms with van der Waals surface area (Å²) in [6.45, 7) is 1.37. The Labute approximate surface area is 134 Å². The fourth-order valence-electron chi connectivity index (χ4n) is 2.09. The molecule has 2 aromatic rings. The van der Waals surface area contributed by atoms with Crippen LogP contribution in [0.4, 0.5) is 11.4 Å². The van der Waals surface area contributed by atoms with E-state index in [0.717, 1.165) is 24.2 Å². The van der Waals surface area contributed by atoms with Crippen molar-refractivity contribution in [1.82, 2.24) is 5.32 Å². The van der Waals surface area contributed by atoms with Crippen molar-refractivity contribution in [1.29, 1.82) is 0 Å². The van der Waals surface area contributed by atoms with Crippen LogP contribution >= 0.6 is 0 Å². The molecule has 0 unspecified atom stereocenters. The van der Waals surface area contributed by atoms with Crippen LogP contribution in [0.5, 0.6) is 0 Å². The zero-order chi connectivity index (χ0) is 16.5. The minimum absolute atomic E-state index is 0.0288. The third-order valence-electron chi connectivity index (χ3n) is 3.29. The summed E-state index contributed by atoms with van der Waals surface area (Å²) in [6.07, 6.45) is 1.05. The molecule has 0 aliphatic carbocycles. The minimum atomic E-state index is -0.455. The van der Waals surface area contributed by atoms with Gasteiger partial charge in [-0.25, -0.2) is 0 Å². The zero-order valence-electron chi connectivity index (χ0n) is 12.7. The van der Waals surface area contributed by atoms with Crippen molar-refractivity contribution in [3.8, 4) is 0 Å². The van der Waals surface area contributed by atoms with Crippen LogP contribution in [0, 0.1) is 10.1 Å². The molecule has 0 heterocycles. The summed E-state index contributed by atoms with van der Waals surface area (Å²) in [5.41, 5.74) is 1.85. The molecule has 0 atom stereocenters. The van der Waals surface area contributed by atoms with E-state index in [1.54, 1.807) is 12.1 Å². The molecule has 0 saturated heterocycles. The van der Waals surface area contributed by atoms with Gasteiger partial charge >= 0.3 is 0 Å².